The molecule has 2 rings (SSSR count). The van der Waals surface area contributed by atoms with Crippen molar-refractivity contribution in [3.8, 4) is 5.82 Å². The molecule has 2 aromatic rings. The summed E-state index contributed by atoms with van der Waals surface area (Å²) >= 11 is 12.3. The Bertz CT molecular complexity index is 578. The topological polar surface area (TPSA) is 43.6 Å². The van der Waals surface area contributed by atoms with Crippen LogP contribution < -0.4 is 0 Å². The van der Waals surface area contributed by atoms with Crippen molar-refractivity contribution < 1.29 is 0 Å². The zero-order valence-corrected chi connectivity index (χ0v) is 12.0. The molecule has 0 bridgehead atoms. The van der Waals surface area contributed by atoms with Gasteiger partial charge in [-0.25, -0.2) is 14.6 Å². The van der Waals surface area contributed by atoms with Crippen molar-refractivity contribution in [1.29, 1.82) is 0 Å². The summed E-state index contributed by atoms with van der Waals surface area (Å²) in [6, 6.07) is 0. The Morgan fingerprint density at radius 3 is 2.50 bits per heavy atom. The first-order valence-corrected chi connectivity index (χ1v) is 6.53. The third-order valence-electron chi connectivity index (χ3n) is 2.77. The molecule has 0 saturated heterocycles. The van der Waals surface area contributed by atoms with Crippen LogP contribution in [0.4, 0.5) is 0 Å². The molecule has 0 saturated carbocycles. The Balaban J connectivity index is 2.63. The Morgan fingerprint density at radius 2 is 1.94 bits per heavy atom. The summed E-state index contributed by atoms with van der Waals surface area (Å²) in [6.07, 6.45) is 3.22. The van der Waals surface area contributed by atoms with E-state index in [1.54, 1.807) is 4.68 Å². The fourth-order valence-corrected chi connectivity index (χ4v) is 2.20. The van der Waals surface area contributed by atoms with Crippen LogP contribution in [0.15, 0.2) is 6.33 Å². The van der Waals surface area contributed by atoms with Gasteiger partial charge in [0.15, 0.2) is 5.82 Å². The monoisotopic (exact) mass is 284 g/mol. The summed E-state index contributed by atoms with van der Waals surface area (Å²) in [5.41, 5.74) is 2.55. The second-order valence-corrected chi connectivity index (χ2v) is 4.85. The summed E-state index contributed by atoms with van der Waals surface area (Å²) in [5, 5.41) is 5.54. The van der Waals surface area contributed by atoms with Crippen molar-refractivity contribution in [2.75, 3.05) is 0 Å². The molecule has 0 amide bonds. The number of halogens is 2. The van der Waals surface area contributed by atoms with Crippen molar-refractivity contribution >= 4 is 23.2 Å². The van der Waals surface area contributed by atoms with Gasteiger partial charge in [0, 0.05) is 5.56 Å². The van der Waals surface area contributed by atoms with Gasteiger partial charge < -0.3 is 0 Å². The molecule has 0 aromatic carbocycles. The van der Waals surface area contributed by atoms with Gasteiger partial charge in [-0.15, -0.1) is 0 Å². The largest absolute Gasteiger partial charge is 0.224 e. The minimum Gasteiger partial charge on any atom is -0.224 e. The van der Waals surface area contributed by atoms with E-state index in [9.17, 15) is 0 Å². The molecular formula is C12H14Cl2N4. The fraction of sp³-hybridized carbons (Fsp3) is 0.417. The molecule has 4 nitrogen and oxygen atoms in total. The van der Waals surface area contributed by atoms with E-state index < -0.39 is 0 Å². The summed E-state index contributed by atoms with van der Waals surface area (Å²) in [6.45, 7) is 5.86. The molecule has 0 fully saturated rings. The summed E-state index contributed by atoms with van der Waals surface area (Å²) in [5.74, 6) is 0.712. The molecule has 2 aromatic heterocycles. The van der Waals surface area contributed by atoms with Gasteiger partial charge in [0.2, 0.25) is 0 Å². The third-order valence-corrected chi connectivity index (χ3v) is 3.65. The van der Waals surface area contributed by atoms with Crippen molar-refractivity contribution in [3.63, 3.8) is 0 Å². The first-order valence-electron chi connectivity index (χ1n) is 5.77. The third kappa shape index (κ3) is 2.22. The maximum Gasteiger partial charge on any atom is 0.161 e. The highest BCUT2D eigenvalue weighted by molar-refractivity contribution is 6.32. The number of rotatable bonds is 3. The first-order chi connectivity index (χ1) is 8.56. The predicted molar refractivity (Wildman–Crippen MR) is 72.6 cm³/mol. The molecule has 0 spiro atoms. The highest BCUT2D eigenvalue weighted by Crippen LogP contribution is 2.25. The van der Waals surface area contributed by atoms with E-state index >= 15 is 0 Å². The van der Waals surface area contributed by atoms with E-state index in [1.165, 1.54) is 6.33 Å². The summed E-state index contributed by atoms with van der Waals surface area (Å²) in [7, 11) is 0. The van der Waals surface area contributed by atoms with E-state index in [0.717, 1.165) is 29.8 Å². The molecule has 0 unspecified atom stereocenters. The molecule has 2 heterocycles. The van der Waals surface area contributed by atoms with Crippen LogP contribution in [0.3, 0.4) is 0 Å². The second kappa shape index (κ2) is 5.24. The Kier molecular flexibility index (Phi) is 3.88. The smallest absolute Gasteiger partial charge is 0.161 e. The lowest BCUT2D eigenvalue weighted by atomic mass is 10.2. The zero-order valence-electron chi connectivity index (χ0n) is 10.5. The van der Waals surface area contributed by atoms with Gasteiger partial charge in [-0.1, -0.05) is 36.5 Å². The normalized spacial score (nSPS) is 10.9. The number of aryl methyl sites for hydroxylation is 1. The maximum atomic E-state index is 6.16. The Hall–Kier alpha value is -1.13. The minimum atomic E-state index is 0.477. The van der Waals surface area contributed by atoms with Crippen LogP contribution in [0.2, 0.25) is 10.2 Å². The molecule has 0 aliphatic rings. The molecule has 0 radical (unpaired) electrons. The quantitative estimate of drug-likeness (QED) is 0.810. The molecule has 0 N–H and O–H groups in total. The van der Waals surface area contributed by atoms with Crippen molar-refractivity contribution in [2.45, 2.75) is 33.6 Å². The number of aromatic nitrogens is 4. The highest BCUT2D eigenvalue weighted by Gasteiger charge is 2.16. The standard InChI is InChI=1S/C12H14Cl2N4/c1-4-5-9-11(14)15-6-16-12(9)18-8(3)10(13)7(2)17-18/h6H,4-5H2,1-3H3. The van der Waals surface area contributed by atoms with Gasteiger partial charge in [-0.05, 0) is 20.3 Å². The van der Waals surface area contributed by atoms with Gasteiger partial charge in [-0.2, -0.15) is 5.10 Å². The first kappa shape index (κ1) is 13.3. The molecule has 0 atom stereocenters. The van der Waals surface area contributed by atoms with Crippen molar-refractivity contribution in [3.05, 3.63) is 33.5 Å². The molecule has 0 aliphatic carbocycles. The number of hydrogen-bond donors (Lipinski definition) is 0. The molecule has 6 heteroatoms. The number of nitrogens with zero attached hydrogens (tertiary/aromatic N) is 4. The second-order valence-electron chi connectivity index (χ2n) is 4.11. The lowest BCUT2D eigenvalue weighted by Crippen LogP contribution is -2.07. The van der Waals surface area contributed by atoms with Gasteiger partial charge >= 0.3 is 0 Å². The average Bonchev–Trinajstić information content (AvgIpc) is 2.60. The van der Waals surface area contributed by atoms with Gasteiger partial charge in [0.25, 0.3) is 0 Å². The lowest BCUT2D eigenvalue weighted by Gasteiger charge is -2.10. The summed E-state index contributed by atoms with van der Waals surface area (Å²) < 4.78 is 1.73. The SMILES string of the molecule is CCCc1c(Cl)ncnc1-n1nc(C)c(Cl)c1C. The van der Waals surface area contributed by atoms with Gasteiger partial charge in [-0.3, -0.25) is 0 Å². The lowest BCUT2D eigenvalue weighted by molar-refractivity contribution is 0.772. The van der Waals surface area contributed by atoms with Crippen molar-refractivity contribution in [2.24, 2.45) is 0 Å². The number of hydrogen-bond acceptors (Lipinski definition) is 3. The minimum absolute atomic E-state index is 0.477. The van der Waals surface area contributed by atoms with E-state index in [2.05, 4.69) is 22.0 Å². The molecular weight excluding hydrogens is 271 g/mol. The Labute approximate surface area is 116 Å². The van der Waals surface area contributed by atoms with E-state index in [1.807, 2.05) is 13.8 Å². The predicted octanol–water partition coefficient (Wildman–Crippen LogP) is 3.54. The van der Waals surface area contributed by atoms with Gasteiger partial charge in [0.05, 0.1) is 16.4 Å². The van der Waals surface area contributed by atoms with Crippen LogP contribution in [0.5, 0.6) is 0 Å². The highest BCUT2D eigenvalue weighted by atomic mass is 35.5. The van der Waals surface area contributed by atoms with Crippen molar-refractivity contribution in [1.82, 2.24) is 19.7 Å². The van der Waals surface area contributed by atoms with Crippen LogP contribution in [-0.2, 0) is 6.42 Å². The van der Waals surface area contributed by atoms with Gasteiger partial charge in [0.1, 0.15) is 11.5 Å². The van der Waals surface area contributed by atoms with Crippen LogP contribution >= 0.6 is 23.2 Å². The van der Waals surface area contributed by atoms with E-state index in [4.69, 9.17) is 23.2 Å². The van der Waals surface area contributed by atoms with Crippen LogP contribution in [0, 0.1) is 13.8 Å². The summed E-state index contributed by atoms with van der Waals surface area (Å²) in [4.78, 5) is 8.31. The maximum absolute atomic E-state index is 6.16. The average molecular weight is 285 g/mol. The zero-order chi connectivity index (χ0) is 13.3. The Morgan fingerprint density at radius 1 is 1.22 bits per heavy atom. The van der Waals surface area contributed by atoms with Crippen LogP contribution in [-0.4, -0.2) is 19.7 Å². The molecule has 0 aliphatic heterocycles. The van der Waals surface area contributed by atoms with E-state index in [-0.39, 0.29) is 0 Å². The fourth-order valence-electron chi connectivity index (χ4n) is 1.86. The van der Waals surface area contributed by atoms with Crippen LogP contribution in [0.1, 0.15) is 30.3 Å². The molecule has 96 valence electrons. The molecule has 18 heavy (non-hydrogen) atoms. The van der Waals surface area contributed by atoms with Crippen LogP contribution in [0.25, 0.3) is 5.82 Å². The van der Waals surface area contributed by atoms with E-state index in [0.29, 0.717) is 16.0 Å².